The third kappa shape index (κ3) is 3.58. The van der Waals surface area contributed by atoms with Gasteiger partial charge in [0.15, 0.2) is 0 Å². The molecular formula is C16H23N3O3. The Bertz CT molecular complexity index is 517. The maximum absolute atomic E-state index is 12.0. The second-order valence-electron chi connectivity index (χ2n) is 5.80. The van der Waals surface area contributed by atoms with Crippen LogP contribution in [0.15, 0.2) is 24.3 Å². The van der Waals surface area contributed by atoms with Gasteiger partial charge in [-0.25, -0.2) is 4.79 Å². The molecule has 0 saturated carbocycles. The van der Waals surface area contributed by atoms with Crippen LogP contribution in [0.3, 0.4) is 0 Å². The van der Waals surface area contributed by atoms with E-state index in [4.69, 9.17) is 4.74 Å². The van der Waals surface area contributed by atoms with Crippen LogP contribution in [-0.2, 0) is 11.2 Å². The number of fused-ring (bicyclic) bond motifs is 1. The van der Waals surface area contributed by atoms with Crippen LogP contribution in [0.4, 0.5) is 4.79 Å². The lowest BCUT2D eigenvalue weighted by atomic mass is 10.1. The van der Waals surface area contributed by atoms with E-state index in [2.05, 4.69) is 15.5 Å². The van der Waals surface area contributed by atoms with Gasteiger partial charge < -0.3 is 20.5 Å². The van der Waals surface area contributed by atoms with Crippen molar-refractivity contribution in [3.8, 4) is 0 Å². The van der Waals surface area contributed by atoms with Gasteiger partial charge in [0, 0.05) is 32.6 Å². The molecule has 3 rings (SSSR count). The molecule has 22 heavy (non-hydrogen) atoms. The van der Waals surface area contributed by atoms with Gasteiger partial charge in [0.05, 0.1) is 25.4 Å². The van der Waals surface area contributed by atoms with Crippen LogP contribution in [-0.4, -0.2) is 61.5 Å². The van der Waals surface area contributed by atoms with Gasteiger partial charge in [-0.1, -0.05) is 24.3 Å². The quantitative estimate of drug-likeness (QED) is 0.747. The molecule has 120 valence electrons. The van der Waals surface area contributed by atoms with Gasteiger partial charge in [-0.15, -0.1) is 0 Å². The second kappa shape index (κ2) is 7.09. The highest BCUT2D eigenvalue weighted by molar-refractivity contribution is 5.74. The number of ether oxygens (including phenoxy) is 1. The van der Waals surface area contributed by atoms with E-state index in [-0.39, 0.29) is 12.1 Å². The molecule has 2 atom stereocenters. The molecule has 1 heterocycles. The number of urea groups is 1. The van der Waals surface area contributed by atoms with Crippen molar-refractivity contribution in [1.29, 1.82) is 0 Å². The number of hydrogen-bond donors (Lipinski definition) is 3. The number of rotatable bonds is 4. The molecule has 0 radical (unpaired) electrons. The third-order valence-corrected chi connectivity index (χ3v) is 4.31. The first-order valence-electron chi connectivity index (χ1n) is 7.84. The van der Waals surface area contributed by atoms with Crippen molar-refractivity contribution in [2.75, 3.05) is 39.4 Å². The van der Waals surface area contributed by atoms with E-state index in [9.17, 15) is 9.90 Å². The van der Waals surface area contributed by atoms with Gasteiger partial charge in [-0.05, 0) is 11.1 Å². The van der Waals surface area contributed by atoms with Crippen molar-refractivity contribution < 1.29 is 14.6 Å². The van der Waals surface area contributed by atoms with Gasteiger partial charge in [-0.2, -0.15) is 0 Å². The van der Waals surface area contributed by atoms with E-state index in [0.29, 0.717) is 13.0 Å². The maximum atomic E-state index is 12.0. The van der Waals surface area contributed by atoms with E-state index < -0.39 is 6.10 Å². The molecule has 1 aromatic rings. The summed E-state index contributed by atoms with van der Waals surface area (Å²) in [4.78, 5) is 14.3. The van der Waals surface area contributed by atoms with E-state index in [1.807, 2.05) is 24.3 Å². The van der Waals surface area contributed by atoms with Crippen molar-refractivity contribution in [2.24, 2.45) is 0 Å². The molecule has 2 amide bonds. The number of nitrogens with zero attached hydrogens (tertiary/aromatic N) is 1. The highest BCUT2D eigenvalue weighted by Gasteiger charge is 2.31. The predicted octanol–water partition coefficient (Wildman–Crippen LogP) is 0.276. The highest BCUT2D eigenvalue weighted by Crippen LogP contribution is 2.30. The van der Waals surface area contributed by atoms with Crippen molar-refractivity contribution in [3.05, 3.63) is 35.4 Å². The Balaban J connectivity index is 1.45. The molecule has 0 aromatic heterocycles. The number of amides is 2. The van der Waals surface area contributed by atoms with Crippen LogP contribution in [0.2, 0.25) is 0 Å². The average Bonchev–Trinajstić information content (AvgIpc) is 2.84. The lowest BCUT2D eigenvalue weighted by molar-refractivity contribution is 0.0387. The van der Waals surface area contributed by atoms with Crippen LogP contribution < -0.4 is 10.6 Å². The van der Waals surface area contributed by atoms with Crippen molar-refractivity contribution >= 4 is 6.03 Å². The summed E-state index contributed by atoms with van der Waals surface area (Å²) in [5.41, 5.74) is 2.12. The fourth-order valence-electron chi connectivity index (χ4n) is 3.09. The summed E-state index contributed by atoms with van der Waals surface area (Å²) < 4.78 is 5.29. The third-order valence-electron chi connectivity index (χ3n) is 4.31. The normalized spacial score (nSPS) is 24.8. The maximum Gasteiger partial charge on any atom is 0.315 e. The number of nitrogens with one attached hydrogen (secondary N) is 2. The zero-order valence-electron chi connectivity index (χ0n) is 12.6. The van der Waals surface area contributed by atoms with Crippen LogP contribution in [0.25, 0.3) is 0 Å². The zero-order chi connectivity index (χ0) is 15.4. The molecule has 1 aliphatic heterocycles. The van der Waals surface area contributed by atoms with Gasteiger partial charge in [0.25, 0.3) is 0 Å². The van der Waals surface area contributed by atoms with Gasteiger partial charge in [0.1, 0.15) is 0 Å². The zero-order valence-corrected chi connectivity index (χ0v) is 12.6. The number of morpholine rings is 1. The lowest BCUT2D eigenvalue weighted by Crippen LogP contribution is -2.45. The van der Waals surface area contributed by atoms with Crippen LogP contribution >= 0.6 is 0 Å². The summed E-state index contributed by atoms with van der Waals surface area (Å²) >= 11 is 0. The fraction of sp³-hybridized carbons (Fsp3) is 0.562. The van der Waals surface area contributed by atoms with Gasteiger partial charge >= 0.3 is 6.03 Å². The van der Waals surface area contributed by atoms with Crippen LogP contribution in [0.5, 0.6) is 0 Å². The van der Waals surface area contributed by atoms with Crippen LogP contribution in [0.1, 0.15) is 17.2 Å². The summed E-state index contributed by atoms with van der Waals surface area (Å²) in [7, 11) is 0. The summed E-state index contributed by atoms with van der Waals surface area (Å²) in [5.74, 6) is 0. The standard InChI is InChI=1S/C16H23N3O3/c20-14-11-12-3-1-2-4-13(12)15(14)18-16(21)17-5-6-19-7-9-22-10-8-19/h1-4,14-15,20H,5-11H2,(H2,17,18,21)/t14-,15+/m1/s1. The Morgan fingerprint density at radius 2 is 2.09 bits per heavy atom. The van der Waals surface area contributed by atoms with E-state index in [1.165, 1.54) is 0 Å². The Morgan fingerprint density at radius 3 is 2.91 bits per heavy atom. The average molecular weight is 305 g/mol. The van der Waals surface area contributed by atoms with Crippen LogP contribution in [0, 0.1) is 0 Å². The number of carbonyl (C=O) groups excluding carboxylic acids is 1. The summed E-state index contributed by atoms with van der Waals surface area (Å²) in [6.45, 7) is 4.77. The molecular weight excluding hydrogens is 282 g/mol. The smallest absolute Gasteiger partial charge is 0.315 e. The number of aliphatic hydroxyl groups excluding tert-OH is 1. The van der Waals surface area contributed by atoms with Gasteiger partial charge in [0.2, 0.25) is 0 Å². The molecule has 0 bridgehead atoms. The summed E-state index contributed by atoms with van der Waals surface area (Å²) in [6, 6.07) is 7.30. The first-order chi connectivity index (χ1) is 10.7. The topological polar surface area (TPSA) is 73.8 Å². The first-order valence-corrected chi connectivity index (χ1v) is 7.84. The van der Waals surface area contributed by atoms with E-state index in [0.717, 1.165) is 44.0 Å². The molecule has 1 aliphatic carbocycles. The minimum absolute atomic E-state index is 0.228. The molecule has 3 N–H and O–H groups in total. The molecule has 0 unspecified atom stereocenters. The largest absolute Gasteiger partial charge is 0.390 e. The monoisotopic (exact) mass is 305 g/mol. The van der Waals surface area contributed by atoms with Crippen molar-refractivity contribution in [2.45, 2.75) is 18.6 Å². The Hall–Kier alpha value is -1.63. The minimum atomic E-state index is -0.553. The Kier molecular flexibility index (Phi) is 4.92. The van der Waals surface area contributed by atoms with E-state index in [1.54, 1.807) is 0 Å². The Morgan fingerprint density at radius 1 is 1.32 bits per heavy atom. The summed E-state index contributed by atoms with van der Waals surface area (Å²) in [6.07, 6.45) is 0.0388. The lowest BCUT2D eigenvalue weighted by Gasteiger charge is -2.26. The molecule has 2 aliphatic rings. The molecule has 6 nitrogen and oxygen atoms in total. The number of aliphatic hydroxyl groups is 1. The number of carbonyl (C=O) groups is 1. The molecule has 0 spiro atoms. The molecule has 1 saturated heterocycles. The van der Waals surface area contributed by atoms with Gasteiger partial charge in [-0.3, -0.25) is 4.90 Å². The van der Waals surface area contributed by atoms with Crippen molar-refractivity contribution in [1.82, 2.24) is 15.5 Å². The highest BCUT2D eigenvalue weighted by atomic mass is 16.5. The molecule has 1 fully saturated rings. The first kappa shape index (κ1) is 15.3. The Labute approximate surface area is 130 Å². The SMILES string of the molecule is O=C(NCCN1CCOCC1)N[C@H]1c2ccccc2C[C@H]1O. The summed E-state index contributed by atoms with van der Waals surface area (Å²) in [5, 5.41) is 15.9. The number of benzene rings is 1. The van der Waals surface area contributed by atoms with E-state index >= 15 is 0 Å². The second-order valence-corrected chi connectivity index (χ2v) is 5.80. The predicted molar refractivity (Wildman–Crippen MR) is 82.7 cm³/mol. The molecule has 1 aromatic carbocycles. The minimum Gasteiger partial charge on any atom is -0.390 e. The molecule has 6 heteroatoms. The fourth-order valence-corrected chi connectivity index (χ4v) is 3.09. The number of hydrogen-bond acceptors (Lipinski definition) is 4. The van der Waals surface area contributed by atoms with Crippen molar-refractivity contribution in [3.63, 3.8) is 0 Å².